The van der Waals surface area contributed by atoms with E-state index in [4.69, 9.17) is 9.15 Å². The van der Waals surface area contributed by atoms with Gasteiger partial charge in [-0.25, -0.2) is 0 Å². The molecule has 11 nitrogen and oxygen atoms in total. The highest BCUT2D eigenvalue weighted by Gasteiger charge is 2.36. The first-order valence-electron chi connectivity index (χ1n) is 12.7. The van der Waals surface area contributed by atoms with Crippen molar-refractivity contribution in [1.82, 2.24) is 20.8 Å². The maximum Gasteiger partial charge on any atom is 0.306 e. The number of aromatic nitrogens is 2. The zero-order valence-corrected chi connectivity index (χ0v) is 22.1. The van der Waals surface area contributed by atoms with Crippen LogP contribution in [0.15, 0.2) is 34.7 Å². The molecule has 0 aliphatic carbocycles. The number of benzene rings is 1. The molecule has 3 unspecified atom stereocenters. The van der Waals surface area contributed by atoms with Crippen molar-refractivity contribution in [3.05, 3.63) is 47.7 Å². The SMILES string of the molecule is CC(C)C(CC(=O)OCc1ccccc1)C(=O)NC(C(=O)CC1Cc2nnc(o2)CNC(=O)C1=O)C(C)C. The van der Waals surface area contributed by atoms with Crippen molar-refractivity contribution in [2.24, 2.45) is 23.7 Å². The van der Waals surface area contributed by atoms with Gasteiger partial charge in [-0.3, -0.25) is 24.0 Å². The first kappa shape index (κ1) is 28.7. The van der Waals surface area contributed by atoms with Crippen LogP contribution in [-0.2, 0) is 48.3 Å². The molecule has 0 radical (unpaired) electrons. The Morgan fingerprint density at radius 3 is 2.39 bits per heavy atom. The standard InChI is InChI=1S/C27H34N4O7/c1-15(2)19(12-23(33)37-14-17-8-6-5-7-9-17)26(35)29-24(16(3)4)20(32)10-18-11-21-30-31-22(38-21)13-28-27(36)25(18)34/h5-9,15-16,18-19,24H,10-14H2,1-4H3,(H,28,36)(H,29,35). The number of carbonyl (C=O) groups is 5. The lowest BCUT2D eigenvalue weighted by Gasteiger charge is -2.27. The number of ether oxygens (including phenoxy) is 1. The number of carbonyl (C=O) groups excluding carboxylic acids is 5. The molecule has 0 saturated heterocycles. The lowest BCUT2D eigenvalue weighted by atomic mass is 9.86. The minimum Gasteiger partial charge on any atom is -0.461 e. The van der Waals surface area contributed by atoms with Gasteiger partial charge in [-0.1, -0.05) is 58.0 Å². The molecular formula is C27H34N4O7. The van der Waals surface area contributed by atoms with E-state index in [0.717, 1.165) is 5.56 Å². The minimum atomic E-state index is -1.01. The van der Waals surface area contributed by atoms with E-state index in [0.29, 0.717) is 0 Å². The molecule has 0 fully saturated rings. The first-order valence-corrected chi connectivity index (χ1v) is 12.7. The Bertz CT molecular complexity index is 1160. The van der Waals surface area contributed by atoms with Gasteiger partial charge in [0.15, 0.2) is 5.78 Å². The topological polar surface area (TPSA) is 158 Å². The van der Waals surface area contributed by atoms with Crippen molar-refractivity contribution < 1.29 is 33.1 Å². The molecule has 3 atom stereocenters. The summed E-state index contributed by atoms with van der Waals surface area (Å²) in [6.45, 7) is 7.19. The molecule has 0 saturated carbocycles. The number of nitrogens with zero attached hydrogens (tertiary/aromatic N) is 2. The quantitative estimate of drug-likeness (QED) is 0.330. The maximum absolute atomic E-state index is 13.3. The van der Waals surface area contributed by atoms with Crippen LogP contribution in [0.5, 0.6) is 0 Å². The van der Waals surface area contributed by atoms with Gasteiger partial charge in [0.1, 0.15) is 6.61 Å². The van der Waals surface area contributed by atoms with E-state index in [1.165, 1.54) is 0 Å². The lowest BCUT2D eigenvalue weighted by Crippen LogP contribution is -2.49. The van der Waals surface area contributed by atoms with Gasteiger partial charge in [-0.05, 0) is 17.4 Å². The van der Waals surface area contributed by atoms with Crippen LogP contribution in [0.1, 0.15) is 57.9 Å². The first-order chi connectivity index (χ1) is 18.0. The summed E-state index contributed by atoms with van der Waals surface area (Å²) in [5, 5.41) is 12.9. The number of esters is 1. The highest BCUT2D eigenvalue weighted by molar-refractivity contribution is 6.37. The average Bonchev–Trinajstić information content (AvgIpc) is 3.35. The number of nitrogens with one attached hydrogen (secondary N) is 2. The Kier molecular flexibility index (Phi) is 9.86. The molecular weight excluding hydrogens is 492 g/mol. The van der Waals surface area contributed by atoms with E-state index in [9.17, 15) is 24.0 Å². The van der Waals surface area contributed by atoms with E-state index in [2.05, 4.69) is 20.8 Å². The zero-order chi connectivity index (χ0) is 27.8. The second kappa shape index (κ2) is 13.1. The highest BCUT2D eigenvalue weighted by atomic mass is 16.5. The Morgan fingerprint density at radius 2 is 1.74 bits per heavy atom. The Morgan fingerprint density at radius 1 is 1.05 bits per heavy atom. The minimum absolute atomic E-state index is 0.0639. The fourth-order valence-electron chi connectivity index (χ4n) is 4.20. The molecule has 11 heteroatoms. The highest BCUT2D eigenvalue weighted by Crippen LogP contribution is 2.21. The molecule has 3 rings (SSSR count). The molecule has 2 amide bonds. The molecule has 2 heterocycles. The van der Waals surface area contributed by atoms with E-state index >= 15 is 0 Å². The maximum atomic E-state index is 13.3. The smallest absolute Gasteiger partial charge is 0.306 e. The molecule has 2 bridgehead atoms. The van der Waals surface area contributed by atoms with E-state index < -0.39 is 47.2 Å². The second-order valence-electron chi connectivity index (χ2n) is 10.1. The Hall–Kier alpha value is -3.89. The van der Waals surface area contributed by atoms with Gasteiger partial charge in [0.2, 0.25) is 23.5 Å². The number of ketones is 2. The summed E-state index contributed by atoms with van der Waals surface area (Å²) < 4.78 is 10.8. The van der Waals surface area contributed by atoms with Crippen LogP contribution in [0.3, 0.4) is 0 Å². The fraction of sp³-hybridized carbons (Fsp3) is 0.519. The predicted octanol–water partition coefficient (Wildman–Crippen LogP) is 1.93. The van der Waals surface area contributed by atoms with Crippen LogP contribution >= 0.6 is 0 Å². The summed E-state index contributed by atoms with van der Waals surface area (Å²) in [5.41, 5.74) is 0.835. The number of fused-ring (bicyclic) bond motifs is 2. The summed E-state index contributed by atoms with van der Waals surface area (Å²) in [4.78, 5) is 64.0. The van der Waals surface area contributed by atoms with Crippen LogP contribution in [-0.4, -0.2) is 45.6 Å². The van der Waals surface area contributed by atoms with Crippen LogP contribution in [0.4, 0.5) is 0 Å². The van der Waals surface area contributed by atoms with Gasteiger partial charge in [0.05, 0.1) is 24.9 Å². The van der Waals surface area contributed by atoms with Crippen LogP contribution < -0.4 is 10.6 Å². The molecule has 204 valence electrons. The number of hydrogen-bond donors (Lipinski definition) is 2. The summed E-state index contributed by atoms with van der Waals surface area (Å²) in [5.74, 6) is -4.89. The molecule has 2 N–H and O–H groups in total. The zero-order valence-electron chi connectivity index (χ0n) is 22.1. The molecule has 2 aromatic rings. The van der Waals surface area contributed by atoms with Crippen molar-refractivity contribution in [2.75, 3.05) is 0 Å². The fourth-order valence-corrected chi connectivity index (χ4v) is 4.20. The number of Topliss-reactive ketones (excluding diaryl/α,β-unsaturated/α-hetero) is 2. The van der Waals surface area contributed by atoms with Crippen molar-refractivity contribution >= 4 is 29.4 Å². The van der Waals surface area contributed by atoms with Crippen molar-refractivity contribution in [1.29, 1.82) is 0 Å². The van der Waals surface area contributed by atoms with Gasteiger partial charge >= 0.3 is 5.97 Å². The van der Waals surface area contributed by atoms with E-state index in [-0.39, 0.29) is 56.0 Å². The van der Waals surface area contributed by atoms with E-state index in [1.54, 1.807) is 13.8 Å². The summed E-state index contributed by atoms with van der Waals surface area (Å²) in [6.07, 6.45) is -0.500. The van der Waals surface area contributed by atoms with Gasteiger partial charge in [-0.2, -0.15) is 0 Å². The third-order valence-electron chi connectivity index (χ3n) is 6.45. The second-order valence-corrected chi connectivity index (χ2v) is 10.1. The normalized spacial score (nSPS) is 17.2. The summed E-state index contributed by atoms with van der Waals surface area (Å²) in [6, 6.07) is 8.29. The summed E-state index contributed by atoms with van der Waals surface area (Å²) >= 11 is 0. The monoisotopic (exact) mass is 526 g/mol. The van der Waals surface area contributed by atoms with Gasteiger partial charge in [-0.15, -0.1) is 10.2 Å². The number of hydrogen-bond acceptors (Lipinski definition) is 9. The van der Waals surface area contributed by atoms with Gasteiger partial charge in [0, 0.05) is 18.8 Å². The average molecular weight is 527 g/mol. The molecule has 1 aliphatic heterocycles. The number of rotatable bonds is 11. The Labute approximate surface area is 221 Å². The van der Waals surface area contributed by atoms with E-state index in [1.807, 2.05) is 44.2 Å². The molecule has 0 spiro atoms. The number of amides is 2. The largest absolute Gasteiger partial charge is 0.461 e. The summed E-state index contributed by atoms with van der Waals surface area (Å²) in [7, 11) is 0. The van der Waals surface area contributed by atoms with Crippen LogP contribution in [0.2, 0.25) is 0 Å². The van der Waals surface area contributed by atoms with Crippen molar-refractivity contribution in [2.45, 2.75) is 66.2 Å². The lowest BCUT2D eigenvalue weighted by molar-refractivity contribution is -0.149. The third-order valence-corrected chi connectivity index (χ3v) is 6.45. The van der Waals surface area contributed by atoms with Crippen LogP contribution in [0.25, 0.3) is 0 Å². The van der Waals surface area contributed by atoms with Crippen molar-refractivity contribution in [3.63, 3.8) is 0 Å². The Balaban J connectivity index is 1.65. The molecule has 1 aromatic heterocycles. The van der Waals surface area contributed by atoms with Crippen molar-refractivity contribution in [3.8, 4) is 0 Å². The van der Waals surface area contributed by atoms with Gasteiger partial charge in [0.25, 0.3) is 5.91 Å². The third kappa shape index (κ3) is 7.80. The van der Waals surface area contributed by atoms with Gasteiger partial charge < -0.3 is 19.8 Å². The molecule has 1 aromatic carbocycles. The molecule has 1 aliphatic rings. The molecule has 38 heavy (non-hydrogen) atoms. The predicted molar refractivity (Wildman–Crippen MR) is 134 cm³/mol. The van der Waals surface area contributed by atoms with Crippen LogP contribution in [0, 0.1) is 23.7 Å².